The first-order chi connectivity index (χ1) is 18.9. The first kappa shape index (κ1) is 32.0. The first-order valence-electron chi connectivity index (χ1n) is 10.8. The number of alkyl halides is 9. The fourth-order valence-corrected chi connectivity index (χ4v) is 4.46. The Hall–Kier alpha value is -3.53. The maximum Gasteiger partial charge on any atom is 0.457 e. The Morgan fingerprint density at radius 3 is 2.00 bits per heavy atom. The van der Waals surface area contributed by atoms with Crippen LogP contribution in [0.2, 0.25) is 5.02 Å². The molecule has 0 fully saturated rings. The van der Waals surface area contributed by atoms with Crippen LogP contribution in [0.4, 0.5) is 50.9 Å². The Labute approximate surface area is 238 Å². The average Bonchev–Trinajstić information content (AvgIpc) is 2.88. The number of ether oxygens (including phenoxy) is 1. The van der Waals surface area contributed by atoms with E-state index in [4.69, 9.17) is 16.3 Å². The fraction of sp³-hybridized carbons (Fsp3) is 0.208. The number of anilines is 2. The number of halogens is 11. The standard InChI is InChI=1S/C24H14BrClF9N3O3/c1-41-18-13(3-2-4-16(18)37-19(39)11-5-7-36-8-6-11)20(40)38-17-14(25)9-12(10-15(17)26)21(27,23(30,31)32)22(28,29)24(33,34)35/h2-10H,1H3,(H,37,39)(H,38,40). The number of carbonyl (C=O) groups excluding carboxylic acids is 2. The minimum Gasteiger partial charge on any atom is -0.494 e. The van der Waals surface area contributed by atoms with Crippen molar-refractivity contribution < 1.29 is 53.8 Å². The van der Waals surface area contributed by atoms with E-state index in [2.05, 4.69) is 31.5 Å². The molecule has 0 saturated carbocycles. The third kappa shape index (κ3) is 5.93. The number of pyridine rings is 1. The van der Waals surface area contributed by atoms with E-state index in [-0.39, 0.29) is 34.7 Å². The summed E-state index contributed by atoms with van der Waals surface area (Å²) in [5.74, 6) is -8.79. The van der Waals surface area contributed by atoms with Gasteiger partial charge in [0.05, 0.1) is 29.1 Å². The van der Waals surface area contributed by atoms with E-state index >= 15 is 0 Å². The van der Waals surface area contributed by atoms with Crippen LogP contribution >= 0.6 is 27.5 Å². The second-order valence-corrected chi connectivity index (χ2v) is 9.34. The van der Waals surface area contributed by atoms with Gasteiger partial charge in [-0.3, -0.25) is 14.6 Å². The molecular formula is C24H14BrClF9N3O3. The average molecular weight is 679 g/mol. The number of methoxy groups -OCH3 is 1. The second-order valence-electron chi connectivity index (χ2n) is 8.07. The molecule has 0 saturated heterocycles. The van der Waals surface area contributed by atoms with Crippen molar-refractivity contribution in [3.8, 4) is 5.75 Å². The first-order valence-corrected chi connectivity index (χ1v) is 11.9. The van der Waals surface area contributed by atoms with Crippen molar-refractivity contribution in [3.63, 3.8) is 0 Å². The van der Waals surface area contributed by atoms with Crippen molar-refractivity contribution in [2.24, 2.45) is 0 Å². The van der Waals surface area contributed by atoms with Gasteiger partial charge in [0.1, 0.15) is 0 Å². The van der Waals surface area contributed by atoms with Gasteiger partial charge in [0.15, 0.2) is 5.75 Å². The van der Waals surface area contributed by atoms with Crippen LogP contribution in [0.15, 0.2) is 59.3 Å². The number of hydrogen-bond acceptors (Lipinski definition) is 4. The Bertz CT molecular complexity index is 1450. The van der Waals surface area contributed by atoms with Crippen molar-refractivity contribution in [1.82, 2.24) is 4.98 Å². The molecule has 0 spiro atoms. The lowest BCUT2D eigenvalue weighted by molar-refractivity contribution is -0.389. The summed E-state index contributed by atoms with van der Waals surface area (Å²) >= 11 is 8.46. The third-order valence-electron chi connectivity index (χ3n) is 5.51. The molecule has 0 aliphatic heterocycles. The van der Waals surface area contributed by atoms with Gasteiger partial charge in [0.25, 0.3) is 11.8 Å². The van der Waals surface area contributed by atoms with Crippen LogP contribution in [0.3, 0.4) is 0 Å². The zero-order valence-electron chi connectivity index (χ0n) is 20.0. The van der Waals surface area contributed by atoms with Gasteiger partial charge in [-0.1, -0.05) is 17.7 Å². The summed E-state index contributed by atoms with van der Waals surface area (Å²) in [7, 11) is 1.14. The number of nitrogens with one attached hydrogen (secondary N) is 2. The summed E-state index contributed by atoms with van der Waals surface area (Å²) in [4.78, 5) is 29.3. The second kappa shape index (κ2) is 11.4. The van der Waals surface area contributed by atoms with E-state index < -0.39 is 56.5 Å². The van der Waals surface area contributed by atoms with Gasteiger partial charge in [-0.05, 0) is 52.3 Å². The molecule has 3 aromatic rings. The highest BCUT2D eigenvalue weighted by molar-refractivity contribution is 9.10. The van der Waals surface area contributed by atoms with Crippen LogP contribution in [-0.2, 0) is 5.67 Å². The van der Waals surface area contributed by atoms with E-state index in [0.717, 1.165) is 7.11 Å². The van der Waals surface area contributed by atoms with Gasteiger partial charge in [0.2, 0.25) is 0 Å². The minimum atomic E-state index is -6.93. The van der Waals surface area contributed by atoms with Crippen LogP contribution < -0.4 is 15.4 Å². The number of carbonyl (C=O) groups is 2. The minimum absolute atomic E-state index is 0.00393. The molecule has 0 aliphatic carbocycles. The molecule has 2 amide bonds. The van der Waals surface area contributed by atoms with E-state index in [1.165, 1.54) is 42.7 Å². The maximum atomic E-state index is 14.9. The normalized spacial score (nSPS) is 13.8. The summed E-state index contributed by atoms with van der Waals surface area (Å²) in [5.41, 5.74) is -9.09. The highest BCUT2D eigenvalue weighted by Gasteiger charge is 2.81. The number of aromatic nitrogens is 1. The largest absolute Gasteiger partial charge is 0.494 e. The lowest BCUT2D eigenvalue weighted by Gasteiger charge is -2.36. The molecule has 1 atom stereocenters. The van der Waals surface area contributed by atoms with Crippen LogP contribution in [-0.4, -0.2) is 42.2 Å². The fourth-order valence-electron chi connectivity index (χ4n) is 3.52. The van der Waals surface area contributed by atoms with E-state index in [1.54, 1.807) is 0 Å². The van der Waals surface area contributed by atoms with Crippen molar-refractivity contribution >= 4 is 50.7 Å². The van der Waals surface area contributed by atoms with E-state index in [0.29, 0.717) is 0 Å². The topological polar surface area (TPSA) is 80.3 Å². The molecule has 1 unspecified atom stereocenters. The number of benzene rings is 2. The Balaban J connectivity index is 2.00. The van der Waals surface area contributed by atoms with Crippen LogP contribution in [0.1, 0.15) is 26.3 Å². The number of rotatable bonds is 7. The van der Waals surface area contributed by atoms with Crippen LogP contribution in [0.5, 0.6) is 5.75 Å². The number of para-hydroxylation sites is 1. The Morgan fingerprint density at radius 1 is 0.878 bits per heavy atom. The molecule has 41 heavy (non-hydrogen) atoms. The highest BCUT2D eigenvalue weighted by Crippen LogP contribution is 2.59. The van der Waals surface area contributed by atoms with Gasteiger partial charge in [-0.15, -0.1) is 0 Å². The number of nitrogens with zero attached hydrogens (tertiary/aromatic N) is 1. The van der Waals surface area contributed by atoms with Crippen molar-refractivity contribution in [2.75, 3.05) is 17.7 Å². The molecule has 3 rings (SSSR count). The molecular weight excluding hydrogens is 665 g/mol. The molecule has 0 bridgehead atoms. The predicted molar refractivity (Wildman–Crippen MR) is 132 cm³/mol. The van der Waals surface area contributed by atoms with Gasteiger partial charge < -0.3 is 15.4 Å². The van der Waals surface area contributed by atoms with Gasteiger partial charge in [-0.2, -0.15) is 35.1 Å². The summed E-state index contributed by atoms with van der Waals surface area (Å²) in [6.45, 7) is 0. The third-order valence-corrected chi connectivity index (χ3v) is 6.44. The molecule has 220 valence electrons. The summed E-state index contributed by atoms with van der Waals surface area (Å²) < 4.78 is 126. The van der Waals surface area contributed by atoms with Crippen molar-refractivity contribution in [1.29, 1.82) is 0 Å². The molecule has 1 heterocycles. The lowest BCUT2D eigenvalue weighted by Crippen LogP contribution is -2.59. The number of amides is 2. The quantitative estimate of drug-likeness (QED) is 0.249. The van der Waals surface area contributed by atoms with E-state index in [1.807, 2.05) is 0 Å². The molecule has 17 heteroatoms. The maximum absolute atomic E-state index is 14.9. The van der Waals surface area contributed by atoms with Gasteiger partial charge in [0, 0.05) is 28.0 Å². The van der Waals surface area contributed by atoms with Crippen molar-refractivity contribution in [2.45, 2.75) is 23.9 Å². The molecule has 0 aliphatic rings. The Morgan fingerprint density at radius 2 is 1.49 bits per heavy atom. The predicted octanol–water partition coefficient (Wildman–Crippen LogP) is 7.94. The molecule has 0 radical (unpaired) electrons. The molecule has 1 aromatic heterocycles. The molecule has 6 nitrogen and oxygen atoms in total. The van der Waals surface area contributed by atoms with E-state index in [9.17, 15) is 49.1 Å². The smallest absolute Gasteiger partial charge is 0.457 e. The summed E-state index contributed by atoms with van der Waals surface area (Å²) in [6.07, 6.45) is -11.0. The summed E-state index contributed by atoms with van der Waals surface area (Å²) in [5, 5.41) is 3.62. The Kier molecular flexibility index (Phi) is 8.89. The zero-order chi connectivity index (χ0) is 31.0. The number of hydrogen-bond donors (Lipinski definition) is 2. The monoisotopic (exact) mass is 677 g/mol. The lowest BCUT2D eigenvalue weighted by atomic mass is 9.87. The van der Waals surface area contributed by atoms with Gasteiger partial charge in [-0.25, -0.2) is 4.39 Å². The van der Waals surface area contributed by atoms with Gasteiger partial charge >= 0.3 is 23.9 Å². The highest BCUT2D eigenvalue weighted by atomic mass is 79.9. The summed E-state index contributed by atoms with van der Waals surface area (Å²) in [6, 6.07) is 6.56. The zero-order valence-corrected chi connectivity index (χ0v) is 22.4. The van der Waals surface area contributed by atoms with Crippen LogP contribution in [0, 0.1) is 0 Å². The molecule has 2 N–H and O–H groups in total. The van der Waals surface area contributed by atoms with Crippen molar-refractivity contribution in [3.05, 3.63) is 81.0 Å². The SMILES string of the molecule is COc1c(NC(=O)c2ccncc2)cccc1C(=O)Nc1c(Cl)cc(C(F)(C(F)(F)F)C(F)(F)C(F)(F)F)cc1Br. The molecule has 2 aromatic carbocycles. The van der Waals surface area contributed by atoms with Crippen LogP contribution in [0.25, 0.3) is 0 Å².